The maximum atomic E-state index is 9.33. The third kappa shape index (κ3) is 2.52. The fraction of sp³-hybridized carbons (Fsp3) is 0.333. The second kappa shape index (κ2) is 5.50. The predicted molar refractivity (Wildman–Crippen MR) is 78.5 cm³/mol. The number of hydrogen-bond donors (Lipinski definition) is 1. The predicted octanol–water partition coefficient (Wildman–Crippen LogP) is 3.76. The van der Waals surface area contributed by atoms with Crippen molar-refractivity contribution in [2.45, 2.75) is 30.6 Å². The van der Waals surface area contributed by atoms with Gasteiger partial charge in [0, 0.05) is 17.1 Å². The van der Waals surface area contributed by atoms with Crippen LogP contribution in [0, 0.1) is 11.3 Å². The molecule has 0 radical (unpaired) electrons. The number of para-hydroxylation sites is 1. The third-order valence-corrected chi connectivity index (χ3v) is 4.56. The SMILES string of the molecule is N#CC1=Nc2ccccc2S/C1=C1/CCCCCN1. The molecule has 2 aliphatic heterocycles. The van der Waals surface area contributed by atoms with Gasteiger partial charge < -0.3 is 5.32 Å². The summed E-state index contributed by atoms with van der Waals surface area (Å²) in [6.07, 6.45) is 4.67. The lowest BCUT2D eigenvalue weighted by Crippen LogP contribution is -2.17. The van der Waals surface area contributed by atoms with Crippen LogP contribution in [0.1, 0.15) is 25.7 Å². The van der Waals surface area contributed by atoms with E-state index in [2.05, 4.69) is 22.4 Å². The van der Waals surface area contributed by atoms with Crippen LogP contribution < -0.4 is 5.32 Å². The van der Waals surface area contributed by atoms with Crippen molar-refractivity contribution >= 4 is 23.2 Å². The molecule has 1 aromatic carbocycles. The first kappa shape index (κ1) is 12.3. The zero-order chi connectivity index (χ0) is 13.1. The Bertz CT molecular complexity index is 586. The van der Waals surface area contributed by atoms with E-state index < -0.39 is 0 Å². The molecule has 0 spiro atoms. The quantitative estimate of drug-likeness (QED) is 0.780. The van der Waals surface area contributed by atoms with E-state index in [0.717, 1.165) is 28.5 Å². The number of benzene rings is 1. The lowest BCUT2D eigenvalue weighted by molar-refractivity contribution is 0.721. The summed E-state index contributed by atoms with van der Waals surface area (Å²) in [7, 11) is 0. The topological polar surface area (TPSA) is 48.2 Å². The van der Waals surface area contributed by atoms with E-state index >= 15 is 0 Å². The number of rotatable bonds is 0. The highest BCUT2D eigenvalue weighted by Crippen LogP contribution is 2.41. The smallest absolute Gasteiger partial charge is 0.156 e. The third-order valence-electron chi connectivity index (χ3n) is 3.35. The van der Waals surface area contributed by atoms with Crippen molar-refractivity contribution < 1.29 is 0 Å². The van der Waals surface area contributed by atoms with Crippen molar-refractivity contribution in [3.8, 4) is 6.07 Å². The molecule has 1 fully saturated rings. The summed E-state index contributed by atoms with van der Waals surface area (Å²) >= 11 is 1.67. The second-order valence-corrected chi connectivity index (χ2v) is 5.74. The minimum Gasteiger partial charge on any atom is -0.387 e. The summed E-state index contributed by atoms with van der Waals surface area (Å²) < 4.78 is 0. The van der Waals surface area contributed by atoms with Gasteiger partial charge in [0.05, 0.1) is 10.6 Å². The Morgan fingerprint density at radius 1 is 1.21 bits per heavy atom. The molecule has 2 heterocycles. The van der Waals surface area contributed by atoms with Crippen molar-refractivity contribution in [3.05, 3.63) is 34.9 Å². The van der Waals surface area contributed by atoms with Crippen LogP contribution in [0.4, 0.5) is 5.69 Å². The van der Waals surface area contributed by atoms with Gasteiger partial charge >= 0.3 is 0 Å². The van der Waals surface area contributed by atoms with E-state index in [4.69, 9.17) is 0 Å². The van der Waals surface area contributed by atoms with Crippen LogP contribution in [0.25, 0.3) is 0 Å². The molecule has 19 heavy (non-hydrogen) atoms. The summed E-state index contributed by atoms with van der Waals surface area (Å²) in [6, 6.07) is 10.2. The molecule has 1 saturated heterocycles. The Morgan fingerprint density at radius 2 is 2.11 bits per heavy atom. The monoisotopic (exact) mass is 269 g/mol. The molecule has 0 unspecified atom stereocenters. The Labute approximate surface area is 117 Å². The van der Waals surface area contributed by atoms with Gasteiger partial charge in [-0.15, -0.1) is 0 Å². The Balaban J connectivity index is 2.04. The molecule has 1 N–H and O–H groups in total. The van der Waals surface area contributed by atoms with Crippen LogP contribution in [-0.4, -0.2) is 12.3 Å². The van der Waals surface area contributed by atoms with E-state index in [1.807, 2.05) is 18.2 Å². The highest BCUT2D eigenvalue weighted by atomic mass is 32.2. The molecule has 3 rings (SSSR count). The molecule has 0 bridgehead atoms. The summed E-state index contributed by atoms with van der Waals surface area (Å²) in [5.74, 6) is 0. The molecule has 0 saturated carbocycles. The van der Waals surface area contributed by atoms with Crippen LogP contribution in [0.3, 0.4) is 0 Å². The van der Waals surface area contributed by atoms with E-state index in [9.17, 15) is 5.26 Å². The second-order valence-electron chi connectivity index (χ2n) is 4.69. The van der Waals surface area contributed by atoms with Gasteiger partial charge in [0.15, 0.2) is 5.71 Å². The van der Waals surface area contributed by atoms with E-state index in [-0.39, 0.29) is 0 Å². The zero-order valence-corrected chi connectivity index (χ0v) is 11.5. The minimum atomic E-state index is 0.549. The van der Waals surface area contributed by atoms with Gasteiger partial charge in [0.1, 0.15) is 6.07 Å². The van der Waals surface area contributed by atoms with Crippen LogP contribution >= 0.6 is 11.8 Å². The first-order valence-electron chi connectivity index (χ1n) is 6.61. The average molecular weight is 269 g/mol. The van der Waals surface area contributed by atoms with Crippen molar-refractivity contribution in [2.75, 3.05) is 6.54 Å². The maximum Gasteiger partial charge on any atom is 0.156 e. The first-order valence-corrected chi connectivity index (χ1v) is 7.43. The lowest BCUT2D eigenvalue weighted by atomic mass is 10.1. The number of aliphatic imine (C=N–C) groups is 1. The molecule has 0 aromatic heterocycles. The minimum absolute atomic E-state index is 0.549. The number of thioether (sulfide) groups is 1. The van der Waals surface area contributed by atoms with Crippen LogP contribution in [-0.2, 0) is 0 Å². The number of hydrogen-bond acceptors (Lipinski definition) is 4. The summed E-state index contributed by atoms with van der Waals surface area (Å²) in [5.41, 5.74) is 2.65. The fourth-order valence-electron chi connectivity index (χ4n) is 2.37. The Morgan fingerprint density at radius 3 is 3.00 bits per heavy atom. The molecular formula is C15H15N3S. The highest BCUT2D eigenvalue weighted by Gasteiger charge is 2.21. The molecule has 1 aromatic rings. The van der Waals surface area contributed by atoms with Gasteiger partial charge in [-0.1, -0.05) is 30.3 Å². The zero-order valence-electron chi connectivity index (χ0n) is 10.6. The van der Waals surface area contributed by atoms with Gasteiger partial charge in [-0.2, -0.15) is 5.26 Å². The fourth-order valence-corrected chi connectivity index (χ4v) is 3.44. The van der Waals surface area contributed by atoms with Gasteiger partial charge in [-0.05, 0) is 31.4 Å². The summed E-state index contributed by atoms with van der Waals surface area (Å²) in [4.78, 5) is 6.64. The van der Waals surface area contributed by atoms with Gasteiger partial charge in [-0.25, -0.2) is 4.99 Å². The molecule has 2 aliphatic rings. The number of nitrogens with one attached hydrogen (secondary N) is 1. The molecule has 0 atom stereocenters. The van der Waals surface area contributed by atoms with Crippen molar-refractivity contribution in [2.24, 2.45) is 4.99 Å². The highest BCUT2D eigenvalue weighted by molar-refractivity contribution is 8.04. The summed E-state index contributed by atoms with van der Waals surface area (Å²) in [6.45, 7) is 1.000. The Hall–Kier alpha value is -1.73. The van der Waals surface area contributed by atoms with E-state index in [1.54, 1.807) is 11.8 Å². The van der Waals surface area contributed by atoms with Crippen molar-refractivity contribution in [3.63, 3.8) is 0 Å². The van der Waals surface area contributed by atoms with Gasteiger partial charge in [0.2, 0.25) is 0 Å². The lowest BCUT2D eigenvalue weighted by Gasteiger charge is -2.18. The molecule has 0 aliphatic carbocycles. The number of fused-ring (bicyclic) bond motifs is 1. The Kier molecular flexibility index (Phi) is 3.56. The van der Waals surface area contributed by atoms with E-state index in [1.165, 1.54) is 25.0 Å². The largest absolute Gasteiger partial charge is 0.387 e. The van der Waals surface area contributed by atoms with Gasteiger partial charge in [0.25, 0.3) is 0 Å². The summed E-state index contributed by atoms with van der Waals surface area (Å²) in [5, 5.41) is 12.8. The molecule has 3 nitrogen and oxygen atoms in total. The number of allylic oxidation sites excluding steroid dienone is 2. The van der Waals surface area contributed by atoms with Crippen molar-refractivity contribution in [1.82, 2.24) is 5.32 Å². The van der Waals surface area contributed by atoms with E-state index in [0.29, 0.717) is 5.71 Å². The molecule has 96 valence electrons. The number of nitriles is 1. The normalized spacial score (nSPS) is 22.6. The maximum absolute atomic E-state index is 9.33. The molecular weight excluding hydrogens is 254 g/mol. The molecule has 0 amide bonds. The van der Waals surface area contributed by atoms with Crippen LogP contribution in [0.15, 0.2) is 44.8 Å². The number of nitrogens with zero attached hydrogens (tertiary/aromatic N) is 2. The van der Waals surface area contributed by atoms with Crippen LogP contribution in [0.2, 0.25) is 0 Å². The van der Waals surface area contributed by atoms with Gasteiger partial charge in [-0.3, -0.25) is 0 Å². The molecule has 4 heteroatoms. The average Bonchev–Trinajstić information content (AvgIpc) is 2.74. The first-order chi connectivity index (χ1) is 9.38. The van der Waals surface area contributed by atoms with Crippen molar-refractivity contribution in [1.29, 1.82) is 5.26 Å². The van der Waals surface area contributed by atoms with Crippen LogP contribution in [0.5, 0.6) is 0 Å². The standard InChI is InChI=1S/C15H15N3S/c16-10-13-15(12-7-2-1-5-9-17-12)19-14-8-4-3-6-11(14)18-13/h3-4,6,8,17H,1-2,5,7,9H2/b15-12-.